The molecule has 2 aromatic rings. The molecule has 0 bridgehead atoms. The van der Waals surface area contributed by atoms with E-state index in [-0.39, 0.29) is 24.2 Å². The number of hydrogen-bond acceptors (Lipinski definition) is 6. The van der Waals surface area contributed by atoms with E-state index in [1.165, 1.54) is 19.3 Å². The Morgan fingerprint density at radius 2 is 1.84 bits per heavy atom. The summed E-state index contributed by atoms with van der Waals surface area (Å²) < 4.78 is 0. The molecule has 31 heavy (non-hydrogen) atoms. The first-order valence-electron chi connectivity index (χ1n) is 11.1. The van der Waals surface area contributed by atoms with Gasteiger partial charge in [0.15, 0.2) is 0 Å². The Morgan fingerprint density at radius 3 is 2.45 bits per heavy atom. The van der Waals surface area contributed by atoms with Crippen LogP contribution in [-0.4, -0.2) is 41.4 Å². The summed E-state index contributed by atoms with van der Waals surface area (Å²) in [7, 11) is 0. The van der Waals surface area contributed by atoms with Gasteiger partial charge in [0, 0.05) is 38.3 Å². The fourth-order valence-electron chi connectivity index (χ4n) is 4.09. The Kier molecular flexibility index (Phi) is 6.64. The molecule has 0 saturated carbocycles. The summed E-state index contributed by atoms with van der Waals surface area (Å²) in [5.41, 5.74) is 2.77. The predicted octanol–water partition coefficient (Wildman–Crippen LogP) is 2.60. The molecule has 1 aromatic carbocycles. The maximum Gasteiger partial charge on any atom is 0.225 e. The zero-order valence-corrected chi connectivity index (χ0v) is 17.9. The molecule has 1 atom stereocenters. The summed E-state index contributed by atoms with van der Waals surface area (Å²) in [5, 5.41) is 8.90. The second kappa shape index (κ2) is 9.76. The number of benzene rings is 1. The van der Waals surface area contributed by atoms with Crippen LogP contribution >= 0.6 is 0 Å². The van der Waals surface area contributed by atoms with Crippen LogP contribution in [0.15, 0.2) is 36.7 Å². The van der Waals surface area contributed by atoms with Gasteiger partial charge in [0.25, 0.3) is 0 Å². The zero-order valence-electron chi connectivity index (χ0n) is 17.9. The summed E-state index contributed by atoms with van der Waals surface area (Å²) in [6.45, 7) is 5.17. The van der Waals surface area contributed by atoms with Gasteiger partial charge < -0.3 is 20.9 Å². The molecule has 1 unspecified atom stereocenters. The van der Waals surface area contributed by atoms with Gasteiger partial charge in [0.05, 0.1) is 24.0 Å². The maximum atomic E-state index is 12.1. The number of amides is 2. The minimum atomic E-state index is -0.269. The summed E-state index contributed by atoms with van der Waals surface area (Å²) in [4.78, 5) is 34.7. The van der Waals surface area contributed by atoms with Gasteiger partial charge in [-0.25, -0.2) is 9.97 Å². The van der Waals surface area contributed by atoms with Crippen LogP contribution in [0.1, 0.15) is 38.2 Å². The lowest BCUT2D eigenvalue weighted by molar-refractivity contribution is -0.126. The molecule has 0 aliphatic carbocycles. The van der Waals surface area contributed by atoms with E-state index >= 15 is 0 Å². The van der Waals surface area contributed by atoms with Gasteiger partial charge in [-0.3, -0.25) is 9.59 Å². The third-order valence-corrected chi connectivity index (χ3v) is 6.17. The van der Waals surface area contributed by atoms with Crippen molar-refractivity contribution < 1.29 is 9.59 Å². The second-order valence-corrected chi connectivity index (χ2v) is 8.36. The van der Waals surface area contributed by atoms with E-state index in [9.17, 15) is 9.59 Å². The molecular formula is C23H30N6O2. The van der Waals surface area contributed by atoms with Crippen LogP contribution in [-0.2, 0) is 16.1 Å². The molecule has 0 radical (unpaired) electrons. The van der Waals surface area contributed by atoms with Crippen molar-refractivity contribution in [3.05, 3.63) is 42.2 Å². The minimum absolute atomic E-state index is 0.0614. The lowest BCUT2D eigenvalue weighted by Gasteiger charge is -2.31. The summed E-state index contributed by atoms with van der Waals surface area (Å²) in [6.07, 6.45) is 7.58. The molecule has 3 heterocycles. The van der Waals surface area contributed by atoms with Crippen molar-refractivity contribution >= 4 is 29.1 Å². The van der Waals surface area contributed by atoms with E-state index in [0.29, 0.717) is 13.1 Å². The summed E-state index contributed by atoms with van der Waals surface area (Å²) in [5.74, 6) is 1.21. The lowest BCUT2D eigenvalue weighted by atomic mass is 9.95. The first-order chi connectivity index (χ1) is 15.1. The number of carbonyl (C=O) groups excluding carboxylic acids is 2. The Morgan fingerprint density at radius 1 is 1.13 bits per heavy atom. The number of nitrogens with zero attached hydrogens (tertiary/aromatic N) is 3. The summed E-state index contributed by atoms with van der Waals surface area (Å²) in [6, 6.07) is 7.86. The SMILES string of the molecule is CCC1CCN(c2ncc(Nc3ccc(CNC(=O)C4CNC(=O)C4)cc3)cn2)CC1. The molecule has 8 heteroatoms. The van der Waals surface area contributed by atoms with Crippen molar-refractivity contribution in [3.63, 3.8) is 0 Å². The number of carbonyl (C=O) groups is 2. The average Bonchev–Trinajstić information content (AvgIpc) is 3.25. The van der Waals surface area contributed by atoms with E-state index in [2.05, 4.69) is 37.7 Å². The first-order valence-corrected chi connectivity index (χ1v) is 11.1. The van der Waals surface area contributed by atoms with Gasteiger partial charge in [-0.15, -0.1) is 0 Å². The highest BCUT2D eigenvalue weighted by Gasteiger charge is 2.27. The number of hydrogen-bond donors (Lipinski definition) is 3. The number of piperidine rings is 1. The average molecular weight is 423 g/mol. The lowest BCUT2D eigenvalue weighted by Crippen LogP contribution is -2.34. The fraction of sp³-hybridized carbons (Fsp3) is 0.478. The molecule has 2 aliphatic heterocycles. The van der Waals surface area contributed by atoms with Crippen LogP contribution in [0.2, 0.25) is 0 Å². The Hall–Kier alpha value is -3.16. The normalized spacial score (nSPS) is 19.2. The molecule has 4 rings (SSSR count). The first kappa shape index (κ1) is 21.1. The van der Waals surface area contributed by atoms with Crippen molar-refractivity contribution in [3.8, 4) is 0 Å². The van der Waals surface area contributed by atoms with Gasteiger partial charge in [-0.1, -0.05) is 25.5 Å². The topological polar surface area (TPSA) is 99.3 Å². The predicted molar refractivity (Wildman–Crippen MR) is 120 cm³/mol. The number of rotatable bonds is 7. The number of nitrogens with one attached hydrogen (secondary N) is 3. The van der Waals surface area contributed by atoms with E-state index in [4.69, 9.17) is 0 Å². The highest BCUT2D eigenvalue weighted by molar-refractivity contribution is 5.89. The zero-order chi connectivity index (χ0) is 21.6. The van der Waals surface area contributed by atoms with Crippen molar-refractivity contribution in [1.29, 1.82) is 0 Å². The van der Waals surface area contributed by atoms with Crippen LogP contribution in [0.4, 0.5) is 17.3 Å². The van der Waals surface area contributed by atoms with Gasteiger partial charge in [0.1, 0.15) is 0 Å². The van der Waals surface area contributed by atoms with Gasteiger partial charge in [-0.2, -0.15) is 0 Å². The molecule has 164 valence electrons. The summed E-state index contributed by atoms with van der Waals surface area (Å²) >= 11 is 0. The highest BCUT2D eigenvalue weighted by Crippen LogP contribution is 2.23. The van der Waals surface area contributed by atoms with Crippen molar-refractivity contribution in [2.45, 2.75) is 39.2 Å². The largest absolute Gasteiger partial charge is 0.355 e. The van der Waals surface area contributed by atoms with Crippen LogP contribution in [0, 0.1) is 11.8 Å². The van der Waals surface area contributed by atoms with Crippen LogP contribution < -0.4 is 20.9 Å². The van der Waals surface area contributed by atoms with Gasteiger partial charge in [-0.05, 0) is 36.5 Å². The number of anilines is 3. The number of aromatic nitrogens is 2. The van der Waals surface area contributed by atoms with Crippen LogP contribution in [0.5, 0.6) is 0 Å². The monoisotopic (exact) mass is 422 g/mol. The van der Waals surface area contributed by atoms with Crippen molar-refractivity contribution in [1.82, 2.24) is 20.6 Å². The van der Waals surface area contributed by atoms with Gasteiger partial charge >= 0.3 is 0 Å². The molecule has 2 fully saturated rings. The molecule has 2 saturated heterocycles. The van der Waals surface area contributed by atoms with E-state index in [0.717, 1.165) is 41.9 Å². The Labute approximate surface area is 182 Å². The molecule has 2 aliphatic rings. The van der Waals surface area contributed by atoms with Crippen LogP contribution in [0.3, 0.4) is 0 Å². The fourth-order valence-corrected chi connectivity index (χ4v) is 4.09. The second-order valence-electron chi connectivity index (χ2n) is 8.36. The Bertz CT molecular complexity index is 891. The van der Waals surface area contributed by atoms with Crippen molar-refractivity contribution in [2.24, 2.45) is 11.8 Å². The third-order valence-electron chi connectivity index (χ3n) is 6.17. The standard InChI is InChI=1S/C23H30N6O2/c1-2-16-7-9-29(10-8-16)23-26-14-20(15-27-23)28-19-5-3-17(4-6-19)12-25-22(31)18-11-21(30)24-13-18/h3-6,14-16,18,28H,2,7-13H2,1H3,(H,24,30)(H,25,31). The van der Waals surface area contributed by atoms with Gasteiger partial charge in [0.2, 0.25) is 17.8 Å². The van der Waals surface area contributed by atoms with E-state index in [1.54, 1.807) is 0 Å². The molecular weight excluding hydrogens is 392 g/mol. The Balaban J connectivity index is 1.26. The van der Waals surface area contributed by atoms with E-state index in [1.807, 2.05) is 36.7 Å². The highest BCUT2D eigenvalue weighted by atomic mass is 16.2. The molecule has 1 aromatic heterocycles. The smallest absolute Gasteiger partial charge is 0.225 e. The van der Waals surface area contributed by atoms with Crippen molar-refractivity contribution in [2.75, 3.05) is 29.9 Å². The van der Waals surface area contributed by atoms with E-state index < -0.39 is 0 Å². The maximum absolute atomic E-state index is 12.1. The molecule has 0 spiro atoms. The molecule has 8 nitrogen and oxygen atoms in total. The third kappa shape index (κ3) is 5.51. The van der Waals surface area contributed by atoms with Crippen LogP contribution in [0.25, 0.3) is 0 Å². The molecule has 2 amide bonds. The quantitative estimate of drug-likeness (QED) is 0.634. The molecule has 3 N–H and O–H groups in total. The minimum Gasteiger partial charge on any atom is -0.355 e.